The number of nitrogen functional groups attached to an aromatic ring is 1. The maximum Gasteiger partial charge on any atom is 0.164 e. The molecule has 8 heteroatoms. The Hall–Kier alpha value is -1.35. The number of anilines is 1. The minimum Gasteiger partial charge on any atom is -0.387 e. The van der Waals surface area contributed by atoms with Crippen LogP contribution in [-0.4, -0.2) is 54.6 Å². The molecule has 1 aliphatic heterocycles. The molecule has 1 aliphatic rings. The number of ether oxygens (including phenoxy) is 1. The maximum absolute atomic E-state index is 10.4. The summed E-state index contributed by atoms with van der Waals surface area (Å²) >= 11 is 1.72. The number of rotatable bonds is 5. The zero-order chi connectivity index (χ0) is 16.6. The van der Waals surface area contributed by atoms with E-state index in [4.69, 9.17) is 10.5 Å². The van der Waals surface area contributed by atoms with Crippen LogP contribution < -0.4 is 5.73 Å². The minimum absolute atomic E-state index is 0.332. The first-order chi connectivity index (χ1) is 11.0. The highest BCUT2D eigenvalue weighted by atomic mass is 32.2. The summed E-state index contributed by atoms with van der Waals surface area (Å²) in [4.78, 5) is 8.23. The van der Waals surface area contributed by atoms with Crippen LogP contribution in [0.1, 0.15) is 20.1 Å². The number of hydrogen-bond donors (Lipinski definition) is 3. The molecule has 126 valence electrons. The van der Waals surface area contributed by atoms with Gasteiger partial charge in [-0.3, -0.25) is 0 Å². The number of nitrogens with zero attached hydrogens (tertiary/aromatic N) is 3. The van der Waals surface area contributed by atoms with Gasteiger partial charge in [-0.2, -0.15) is 11.8 Å². The Morgan fingerprint density at radius 3 is 2.87 bits per heavy atom. The fourth-order valence-electron chi connectivity index (χ4n) is 2.70. The molecule has 1 fully saturated rings. The maximum atomic E-state index is 10.4. The molecule has 3 heterocycles. The smallest absolute Gasteiger partial charge is 0.164 e. The van der Waals surface area contributed by atoms with Crippen molar-refractivity contribution in [3.63, 3.8) is 0 Å². The van der Waals surface area contributed by atoms with Crippen LogP contribution in [0.25, 0.3) is 11.0 Å². The van der Waals surface area contributed by atoms with Crippen LogP contribution in [0.3, 0.4) is 0 Å². The van der Waals surface area contributed by atoms with Crippen LogP contribution in [0.5, 0.6) is 0 Å². The molecule has 0 radical (unpaired) electrons. The van der Waals surface area contributed by atoms with Crippen LogP contribution >= 0.6 is 11.8 Å². The predicted octanol–water partition coefficient (Wildman–Crippen LogP) is 1.02. The summed E-state index contributed by atoms with van der Waals surface area (Å²) in [6, 6.07) is 1.77. The number of fused-ring (bicyclic) bond motifs is 1. The van der Waals surface area contributed by atoms with Gasteiger partial charge in [-0.15, -0.1) is 0 Å². The molecular weight excluding hydrogens is 316 g/mol. The van der Waals surface area contributed by atoms with Gasteiger partial charge in [0.1, 0.15) is 17.7 Å². The molecule has 3 rings (SSSR count). The van der Waals surface area contributed by atoms with E-state index in [-0.39, 0.29) is 0 Å². The lowest BCUT2D eigenvalue weighted by Gasteiger charge is -2.17. The van der Waals surface area contributed by atoms with Crippen LogP contribution in [-0.2, 0) is 4.74 Å². The Balaban J connectivity index is 1.78. The second-order valence-electron chi connectivity index (χ2n) is 6.19. The summed E-state index contributed by atoms with van der Waals surface area (Å²) in [6.07, 6.45) is 0.135. The number of nitrogens with two attached hydrogens (primary N) is 1. The summed E-state index contributed by atoms with van der Waals surface area (Å²) in [7, 11) is 0. The van der Waals surface area contributed by atoms with E-state index in [1.54, 1.807) is 34.9 Å². The highest BCUT2D eigenvalue weighted by Gasteiger charge is 2.43. The van der Waals surface area contributed by atoms with Crippen molar-refractivity contribution >= 4 is 28.6 Å². The molecule has 1 saturated heterocycles. The topological polar surface area (TPSA) is 106 Å². The zero-order valence-corrected chi connectivity index (χ0v) is 14.0. The van der Waals surface area contributed by atoms with Crippen molar-refractivity contribution in [1.82, 2.24) is 14.5 Å². The van der Waals surface area contributed by atoms with E-state index >= 15 is 0 Å². The van der Waals surface area contributed by atoms with Gasteiger partial charge < -0.3 is 25.3 Å². The molecule has 0 amide bonds. The Morgan fingerprint density at radius 2 is 2.13 bits per heavy atom. The SMILES string of the molecule is CC(C)CSC[C@@H]1O[C@H](n2cnc3c(N)nccc32)[C@H](O)[C@H]1O. The lowest BCUT2D eigenvalue weighted by molar-refractivity contribution is -0.0285. The number of thioether (sulfide) groups is 1. The van der Waals surface area contributed by atoms with Gasteiger partial charge in [0.2, 0.25) is 0 Å². The summed E-state index contributed by atoms with van der Waals surface area (Å²) < 4.78 is 7.60. The van der Waals surface area contributed by atoms with Gasteiger partial charge in [-0.1, -0.05) is 13.8 Å². The number of aliphatic hydroxyl groups is 2. The van der Waals surface area contributed by atoms with Gasteiger partial charge in [0.05, 0.1) is 17.9 Å². The Bertz CT molecular complexity index is 678. The lowest BCUT2D eigenvalue weighted by Crippen LogP contribution is -2.32. The third-order valence-electron chi connectivity index (χ3n) is 3.87. The van der Waals surface area contributed by atoms with Gasteiger partial charge in [0, 0.05) is 11.9 Å². The third kappa shape index (κ3) is 3.16. The Labute approximate surface area is 138 Å². The molecule has 2 aromatic rings. The second kappa shape index (κ2) is 6.64. The second-order valence-corrected chi connectivity index (χ2v) is 7.27. The van der Waals surface area contributed by atoms with E-state index in [1.807, 2.05) is 0 Å². The van der Waals surface area contributed by atoms with Gasteiger partial charge in [-0.05, 0) is 17.7 Å². The lowest BCUT2D eigenvalue weighted by atomic mass is 10.1. The molecule has 23 heavy (non-hydrogen) atoms. The van der Waals surface area contributed by atoms with Crippen molar-refractivity contribution in [2.24, 2.45) is 5.92 Å². The fourth-order valence-corrected chi connectivity index (χ4v) is 3.82. The molecule has 4 N–H and O–H groups in total. The molecule has 0 unspecified atom stereocenters. The van der Waals surface area contributed by atoms with Crippen molar-refractivity contribution in [3.05, 3.63) is 18.6 Å². The van der Waals surface area contributed by atoms with E-state index < -0.39 is 24.5 Å². The van der Waals surface area contributed by atoms with Gasteiger partial charge in [0.25, 0.3) is 0 Å². The number of aliphatic hydroxyl groups excluding tert-OH is 2. The normalized spacial score (nSPS) is 28.0. The van der Waals surface area contributed by atoms with Crippen LogP contribution in [0, 0.1) is 5.92 Å². The molecule has 7 nitrogen and oxygen atoms in total. The molecule has 0 aliphatic carbocycles. The summed E-state index contributed by atoms with van der Waals surface area (Å²) in [5.74, 6) is 2.54. The first-order valence-corrected chi connectivity index (χ1v) is 8.81. The zero-order valence-electron chi connectivity index (χ0n) is 13.2. The average Bonchev–Trinajstić information content (AvgIpc) is 3.04. The van der Waals surface area contributed by atoms with Gasteiger partial charge in [-0.25, -0.2) is 9.97 Å². The quantitative estimate of drug-likeness (QED) is 0.747. The molecule has 4 atom stereocenters. The van der Waals surface area contributed by atoms with E-state index in [0.717, 1.165) is 11.3 Å². The molecule has 2 aromatic heterocycles. The van der Waals surface area contributed by atoms with Gasteiger partial charge >= 0.3 is 0 Å². The van der Waals surface area contributed by atoms with E-state index in [2.05, 4.69) is 23.8 Å². The third-order valence-corrected chi connectivity index (χ3v) is 5.33. The largest absolute Gasteiger partial charge is 0.387 e. The Kier molecular flexibility index (Phi) is 4.77. The van der Waals surface area contributed by atoms with Crippen molar-refractivity contribution in [2.45, 2.75) is 38.4 Å². The number of pyridine rings is 1. The summed E-state index contributed by atoms with van der Waals surface area (Å²) in [5, 5.41) is 20.6. The van der Waals surface area contributed by atoms with Crippen LogP contribution in [0.15, 0.2) is 18.6 Å². The molecule has 0 saturated carbocycles. The molecule has 0 spiro atoms. The molecule has 0 aromatic carbocycles. The minimum atomic E-state index is -1.01. The highest BCUT2D eigenvalue weighted by molar-refractivity contribution is 7.99. The van der Waals surface area contributed by atoms with Crippen molar-refractivity contribution in [1.29, 1.82) is 0 Å². The first-order valence-electron chi connectivity index (χ1n) is 7.65. The summed E-state index contributed by atoms with van der Waals surface area (Å²) in [5.41, 5.74) is 7.10. The van der Waals surface area contributed by atoms with Crippen LogP contribution in [0.4, 0.5) is 5.82 Å². The van der Waals surface area contributed by atoms with Crippen molar-refractivity contribution < 1.29 is 14.9 Å². The number of hydrogen-bond acceptors (Lipinski definition) is 7. The van der Waals surface area contributed by atoms with E-state index in [1.165, 1.54) is 0 Å². The summed E-state index contributed by atoms with van der Waals surface area (Å²) in [6.45, 7) is 4.29. The predicted molar refractivity (Wildman–Crippen MR) is 90.0 cm³/mol. The number of imidazole rings is 1. The molecular formula is C15H22N4O3S. The van der Waals surface area contributed by atoms with Crippen molar-refractivity contribution in [3.8, 4) is 0 Å². The standard InChI is InChI=1S/C15H22N4O3S/c1-8(2)5-23-6-10-12(20)13(21)15(22-10)19-7-18-11-9(19)3-4-17-14(11)16/h3-4,7-8,10,12-13,15,20-21H,5-6H2,1-2H3,(H2,16,17)/t10-,12-,13+,15-/m0/s1. The van der Waals surface area contributed by atoms with E-state index in [0.29, 0.717) is 23.0 Å². The van der Waals surface area contributed by atoms with Gasteiger partial charge in [0.15, 0.2) is 12.0 Å². The highest BCUT2D eigenvalue weighted by Crippen LogP contribution is 2.33. The van der Waals surface area contributed by atoms with E-state index in [9.17, 15) is 10.2 Å². The number of aromatic nitrogens is 3. The monoisotopic (exact) mass is 338 g/mol. The fraction of sp³-hybridized carbons (Fsp3) is 0.600. The average molecular weight is 338 g/mol. The first kappa shape index (κ1) is 16.5. The van der Waals surface area contributed by atoms with Crippen LogP contribution in [0.2, 0.25) is 0 Å². The Morgan fingerprint density at radius 1 is 1.35 bits per heavy atom. The molecule has 0 bridgehead atoms. The van der Waals surface area contributed by atoms with Crippen molar-refractivity contribution in [2.75, 3.05) is 17.2 Å².